The third-order valence-corrected chi connectivity index (χ3v) is 7.44. The quantitative estimate of drug-likeness (QED) is 0.667. The molecule has 9 heteroatoms. The third-order valence-electron chi connectivity index (χ3n) is 7.44. The molecule has 1 aromatic heterocycles. The van der Waals surface area contributed by atoms with E-state index in [4.69, 9.17) is 9.47 Å². The molecule has 2 fully saturated rings. The van der Waals surface area contributed by atoms with Crippen LogP contribution in [0, 0.1) is 11.8 Å². The summed E-state index contributed by atoms with van der Waals surface area (Å²) in [6, 6.07) is 5.21. The first-order chi connectivity index (χ1) is 16.3. The summed E-state index contributed by atoms with van der Waals surface area (Å²) in [5, 5.41) is 0.495. The highest BCUT2D eigenvalue weighted by atomic mass is 16.5. The summed E-state index contributed by atoms with van der Waals surface area (Å²) in [7, 11) is 4.67. The van der Waals surface area contributed by atoms with Crippen molar-refractivity contribution >= 4 is 17.0 Å². The molecule has 0 spiro atoms. The number of carbonyl (C=O) groups is 1. The summed E-state index contributed by atoms with van der Waals surface area (Å²) in [4.78, 5) is 41.8. The second-order valence-corrected chi connectivity index (χ2v) is 9.29. The molecule has 1 aliphatic carbocycles. The largest absolute Gasteiger partial charge is 0.497 e. The molecule has 34 heavy (non-hydrogen) atoms. The van der Waals surface area contributed by atoms with Crippen molar-refractivity contribution < 1.29 is 14.3 Å². The van der Waals surface area contributed by atoms with Gasteiger partial charge < -0.3 is 19.3 Å². The summed E-state index contributed by atoms with van der Waals surface area (Å²) in [5.41, 5.74) is 1.21. The predicted molar refractivity (Wildman–Crippen MR) is 130 cm³/mol. The van der Waals surface area contributed by atoms with Crippen LogP contribution in [0.25, 0.3) is 10.9 Å². The average molecular weight is 471 g/mol. The first kappa shape index (κ1) is 23.9. The number of rotatable bonds is 5. The van der Waals surface area contributed by atoms with Gasteiger partial charge in [-0.05, 0) is 55.7 Å². The van der Waals surface area contributed by atoms with Gasteiger partial charge in [-0.2, -0.15) is 0 Å². The second kappa shape index (κ2) is 9.95. The normalized spacial score (nSPS) is 20.9. The molecule has 1 saturated carbocycles. The summed E-state index contributed by atoms with van der Waals surface area (Å²) in [5.74, 6) is 1.26. The van der Waals surface area contributed by atoms with Crippen LogP contribution in [0.5, 0.6) is 5.75 Å². The lowest BCUT2D eigenvalue weighted by Gasteiger charge is -2.40. The molecule has 2 aliphatic rings. The SMILES string of the molecule is C=C(C1CCC(Cn2c(=O)c3cc(OC)ccc3n(C)c2=O)CC1)N1CCN(C(=O)OC)CC1. The summed E-state index contributed by atoms with van der Waals surface area (Å²) in [6.07, 6.45) is 3.57. The summed E-state index contributed by atoms with van der Waals surface area (Å²) >= 11 is 0. The zero-order valence-corrected chi connectivity index (χ0v) is 20.3. The number of amides is 1. The van der Waals surface area contributed by atoms with Crippen LogP contribution in [-0.2, 0) is 18.3 Å². The lowest BCUT2D eigenvalue weighted by molar-refractivity contribution is 0.0948. The zero-order chi connectivity index (χ0) is 24.4. The van der Waals surface area contributed by atoms with Gasteiger partial charge in [0, 0.05) is 45.5 Å². The van der Waals surface area contributed by atoms with Crippen LogP contribution < -0.4 is 16.0 Å². The number of hydrogen-bond acceptors (Lipinski definition) is 6. The summed E-state index contributed by atoms with van der Waals surface area (Å²) in [6.45, 7) is 7.59. The number of aromatic nitrogens is 2. The highest BCUT2D eigenvalue weighted by Crippen LogP contribution is 2.35. The Morgan fingerprint density at radius 2 is 1.68 bits per heavy atom. The van der Waals surface area contributed by atoms with Crippen LogP contribution in [-0.4, -0.2) is 65.4 Å². The maximum Gasteiger partial charge on any atom is 0.409 e. The first-order valence-electron chi connectivity index (χ1n) is 11.9. The van der Waals surface area contributed by atoms with Gasteiger partial charge in [0.05, 0.1) is 25.1 Å². The van der Waals surface area contributed by atoms with Gasteiger partial charge in [0.2, 0.25) is 0 Å². The van der Waals surface area contributed by atoms with E-state index in [2.05, 4.69) is 11.5 Å². The molecule has 0 bridgehead atoms. The van der Waals surface area contributed by atoms with Gasteiger partial charge in [-0.3, -0.25) is 13.9 Å². The molecule has 0 unspecified atom stereocenters. The van der Waals surface area contributed by atoms with Crippen molar-refractivity contribution in [2.45, 2.75) is 32.2 Å². The van der Waals surface area contributed by atoms with Crippen LogP contribution in [0.4, 0.5) is 4.79 Å². The van der Waals surface area contributed by atoms with Crippen LogP contribution in [0.3, 0.4) is 0 Å². The fourth-order valence-corrected chi connectivity index (χ4v) is 5.28. The molecule has 9 nitrogen and oxygen atoms in total. The van der Waals surface area contributed by atoms with E-state index >= 15 is 0 Å². The Morgan fingerprint density at radius 3 is 2.29 bits per heavy atom. The predicted octanol–water partition coefficient (Wildman–Crippen LogP) is 2.41. The maximum absolute atomic E-state index is 13.2. The van der Waals surface area contributed by atoms with Crippen molar-refractivity contribution in [1.29, 1.82) is 0 Å². The molecular weight excluding hydrogens is 436 g/mol. The van der Waals surface area contributed by atoms with E-state index in [0.29, 0.717) is 42.2 Å². The van der Waals surface area contributed by atoms with E-state index < -0.39 is 0 Å². The number of piperazine rings is 1. The van der Waals surface area contributed by atoms with Crippen molar-refractivity contribution in [2.24, 2.45) is 18.9 Å². The highest BCUT2D eigenvalue weighted by molar-refractivity contribution is 5.79. The molecule has 0 N–H and O–H groups in total. The molecule has 1 amide bonds. The van der Waals surface area contributed by atoms with Gasteiger partial charge in [-0.15, -0.1) is 0 Å². The minimum absolute atomic E-state index is 0.257. The van der Waals surface area contributed by atoms with E-state index in [1.54, 1.807) is 37.3 Å². The molecule has 0 atom stereocenters. The monoisotopic (exact) mass is 470 g/mol. The molecule has 0 radical (unpaired) electrons. The van der Waals surface area contributed by atoms with Crippen LogP contribution >= 0.6 is 0 Å². The van der Waals surface area contributed by atoms with Crippen molar-refractivity contribution in [3.8, 4) is 5.75 Å². The second-order valence-electron chi connectivity index (χ2n) is 9.29. The van der Waals surface area contributed by atoms with Gasteiger partial charge in [0.1, 0.15) is 5.75 Å². The first-order valence-corrected chi connectivity index (χ1v) is 11.9. The molecular formula is C25H34N4O5. The van der Waals surface area contributed by atoms with Crippen LogP contribution in [0.2, 0.25) is 0 Å². The minimum atomic E-state index is -0.280. The molecule has 1 aliphatic heterocycles. The van der Waals surface area contributed by atoms with E-state index in [1.165, 1.54) is 16.2 Å². The van der Waals surface area contributed by atoms with Crippen molar-refractivity contribution in [2.75, 3.05) is 40.4 Å². The third kappa shape index (κ3) is 4.56. The molecule has 2 aromatic rings. The van der Waals surface area contributed by atoms with Crippen molar-refractivity contribution in [1.82, 2.24) is 18.9 Å². The van der Waals surface area contributed by atoms with Gasteiger partial charge in [-0.25, -0.2) is 9.59 Å². The van der Waals surface area contributed by atoms with Gasteiger partial charge in [0.15, 0.2) is 0 Å². The Kier molecular flexibility index (Phi) is 7.00. The van der Waals surface area contributed by atoms with Crippen molar-refractivity contribution in [3.63, 3.8) is 0 Å². The lowest BCUT2D eigenvalue weighted by atomic mass is 9.80. The number of nitrogens with zero attached hydrogens (tertiary/aromatic N) is 4. The van der Waals surface area contributed by atoms with Crippen LogP contribution in [0.15, 0.2) is 40.1 Å². The summed E-state index contributed by atoms with van der Waals surface area (Å²) < 4.78 is 13.0. The Labute approximate surface area is 199 Å². The van der Waals surface area contributed by atoms with E-state index in [-0.39, 0.29) is 23.3 Å². The average Bonchev–Trinajstić information content (AvgIpc) is 2.89. The Bertz CT molecular complexity index is 1180. The lowest BCUT2D eigenvalue weighted by Crippen LogP contribution is -2.49. The Balaban J connectivity index is 1.40. The minimum Gasteiger partial charge on any atom is -0.497 e. The molecule has 2 heterocycles. The molecule has 1 saturated heterocycles. The molecule has 184 valence electrons. The number of benzene rings is 1. The van der Waals surface area contributed by atoms with E-state index in [0.717, 1.165) is 44.5 Å². The number of ether oxygens (including phenoxy) is 2. The fourth-order valence-electron chi connectivity index (χ4n) is 5.28. The molecule has 4 rings (SSSR count). The van der Waals surface area contributed by atoms with Crippen molar-refractivity contribution in [3.05, 3.63) is 51.3 Å². The Hall–Kier alpha value is -3.23. The number of fused-ring (bicyclic) bond motifs is 1. The zero-order valence-electron chi connectivity index (χ0n) is 20.3. The number of methoxy groups -OCH3 is 2. The number of aryl methyl sites for hydroxylation is 1. The Morgan fingerprint density at radius 1 is 1.03 bits per heavy atom. The maximum atomic E-state index is 13.2. The van der Waals surface area contributed by atoms with Gasteiger partial charge in [-0.1, -0.05) is 6.58 Å². The number of hydrogen-bond donors (Lipinski definition) is 0. The number of carbonyl (C=O) groups excluding carboxylic acids is 1. The fraction of sp³-hybridized carbons (Fsp3) is 0.560. The van der Waals surface area contributed by atoms with E-state index in [9.17, 15) is 14.4 Å². The highest BCUT2D eigenvalue weighted by Gasteiger charge is 2.29. The van der Waals surface area contributed by atoms with Gasteiger partial charge in [0.25, 0.3) is 5.56 Å². The smallest absolute Gasteiger partial charge is 0.409 e. The van der Waals surface area contributed by atoms with E-state index in [1.807, 2.05) is 0 Å². The standard InChI is InChI=1S/C25H34N4O5/c1-17(27-11-13-28(14-12-27)25(32)34-4)19-7-5-18(6-8-19)16-29-23(30)21-15-20(33-3)9-10-22(21)26(2)24(29)31/h9-10,15,18-19H,1,5-8,11-14,16H2,2-4H3. The van der Waals surface area contributed by atoms with Gasteiger partial charge >= 0.3 is 11.8 Å². The number of allylic oxidation sites excluding steroid dienone is 1. The topological polar surface area (TPSA) is 86.0 Å². The van der Waals surface area contributed by atoms with Crippen LogP contribution in [0.1, 0.15) is 25.7 Å². The molecule has 1 aromatic carbocycles.